The first kappa shape index (κ1) is 16.6. The van der Waals surface area contributed by atoms with E-state index in [9.17, 15) is 4.79 Å². The molecule has 1 aromatic carbocycles. The van der Waals surface area contributed by atoms with E-state index in [-0.39, 0.29) is 5.92 Å². The molecule has 0 saturated carbocycles. The molecule has 0 radical (unpaired) electrons. The maximum atomic E-state index is 12.0. The number of carbonyl (C=O) groups excluding carboxylic acids is 1. The predicted octanol–water partition coefficient (Wildman–Crippen LogP) is 2.20. The fraction of sp³-hybridized carbons (Fsp3) is 0.294. The van der Waals surface area contributed by atoms with Crippen LogP contribution in [0.1, 0.15) is 22.7 Å². The molecule has 0 bridgehead atoms. The minimum Gasteiger partial charge on any atom is -0.497 e. The molecule has 3 rings (SSSR count). The molecule has 0 aliphatic rings. The third kappa shape index (κ3) is 2.82. The van der Waals surface area contributed by atoms with E-state index in [1.165, 1.54) is 0 Å². The molecule has 126 valence electrons. The molecule has 0 amide bonds. The lowest BCUT2D eigenvalue weighted by atomic mass is 9.94. The summed E-state index contributed by atoms with van der Waals surface area (Å²) in [4.78, 5) is 16.4. The topological polar surface area (TPSA) is 68.2 Å². The second kappa shape index (κ2) is 7.12. The van der Waals surface area contributed by atoms with Gasteiger partial charge >= 0.3 is 0 Å². The van der Waals surface area contributed by atoms with Gasteiger partial charge in [0, 0.05) is 24.8 Å². The van der Waals surface area contributed by atoms with Gasteiger partial charge < -0.3 is 14.1 Å². The highest BCUT2D eigenvalue weighted by Crippen LogP contribution is 2.35. The number of fused-ring (bicyclic) bond motifs is 1. The minimum atomic E-state index is -0.375. The van der Waals surface area contributed by atoms with E-state index in [0.29, 0.717) is 6.54 Å². The largest absolute Gasteiger partial charge is 0.497 e. The van der Waals surface area contributed by atoms with E-state index in [1.807, 2.05) is 48.4 Å². The Kier molecular flexibility index (Phi) is 4.94. The first-order valence-corrected chi connectivity index (χ1v) is 8.48. The number of thiazole rings is 1. The lowest BCUT2D eigenvalue weighted by molar-refractivity contribution is -0.108. The van der Waals surface area contributed by atoms with E-state index < -0.39 is 0 Å². The third-order valence-electron chi connectivity index (χ3n) is 4.14. The van der Waals surface area contributed by atoms with Crippen LogP contribution >= 0.6 is 11.3 Å². The van der Waals surface area contributed by atoms with Gasteiger partial charge in [0.1, 0.15) is 12.0 Å². The van der Waals surface area contributed by atoms with Gasteiger partial charge in [0.15, 0.2) is 5.65 Å². The summed E-state index contributed by atoms with van der Waals surface area (Å²) in [5.74, 6) is 0.364. The van der Waals surface area contributed by atoms with E-state index >= 15 is 0 Å². The van der Waals surface area contributed by atoms with Crippen LogP contribution in [0.2, 0.25) is 0 Å². The van der Waals surface area contributed by atoms with Crippen molar-refractivity contribution in [3.8, 4) is 5.75 Å². The molecular weight excluding hydrogens is 324 g/mol. The molecule has 0 aliphatic carbocycles. The average Bonchev–Trinajstić information content (AvgIpc) is 3.18. The molecule has 0 fully saturated rings. The number of carbonyl (C=O) groups is 1. The van der Waals surface area contributed by atoms with Gasteiger partial charge in [-0.3, -0.25) is 10.9 Å². The van der Waals surface area contributed by atoms with Crippen LogP contribution in [-0.4, -0.2) is 30.0 Å². The van der Waals surface area contributed by atoms with Gasteiger partial charge in [-0.1, -0.05) is 12.1 Å². The number of hydrogen-bond acceptors (Lipinski definition) is 6. The van der Waals surface area contributed by atoms with Crippen molar-refractivity contribution >= 4 is 28.0 Å². The molecule has 6 nitrogen and oxygen atoms in total. The van der Waals surface area contributed by atoms with Crippen LogP contribution in [0.25, 0.3) is 10.3 Å². The van der Waals surface area contributed by atoms with Gasteiger partial charge in [-0.2, -0.15) is 0 Å². The maximum Gasteiger partial charge on any atom is 0.151 e. The van der Waals surface area contributed by atoms with Gasteiger partial charge in [-0.05, 0) is 24.7 Å². The van der Waals surface area contributed by atoms with Crippen LogP contribution in [0.15, 0.2) is 29.8 Å². The lowest BCUT2D eigenvalue weighted by Gasteiger charge is -2.16. The number of ether oxygens (including phenoxy) is 1. The van der Waals surface area contributed by atoms with Crippen LogP contribution in [0.4, 0.5) is 0 Å². The second-order valence-electron chi connectivity index (χ2n) is 5.42. The molecule has 1 unspecified atom stereocenters. The van der Waals surface area contributed by atoms with E-state index in [0.717, 1.165) is 39.2 Å². The van der Waals surface area contributed by atoms with Crippen molar-refractivity contribution in [1.82, 2.24) is 20.4 Å². The van der Waals surface area contributed by atoms with Gasteiger partial charge in [0.25, 0.3) is 0 Å². The fourth-order valence-corrected chi connectivity index (χ4v) is 3.87. The number of aldehydes is 1. The van der Waals surface area contributed by atoms with Crippen LogP contribution in [-0.2, 0) is 18.4 Å². The zero-order chi connectivity index (χ0) is 17.1. The van der Waals surface area contributed by atoms with Crippen LogP contribution < -0.4 is 15.6 Å². The van der Waals surface area contributed by atoms with Crippen molar-refractivity contribution in [3.05, 3.63) is 46.6 Å². The first-order chi connectivity index (χ1) is 11.7. The average molecular weight is 344 g/mol. The Hall–Kier alpha value is -2.22. The Balaban J connectivity index is 2.15. The fourth-order valence-electron chi connectivity index (χ4n) is 3.00. The second-order valence-corrected chi connectivity index (χ2v) is 6.28. The Labute approximate surface area is 144 Å². The maximum absolute atomic E-state index is 12.0. The number of hydrazine groups is 1. The SMILES string of the molecule is CNNCc1c(C(C=O)c2cccc(OC)c2)n(C)c2ncsc12. The van der Waals surface area contributed by atoms with Gasteiger partial charge in [-0.15, -0.1) is 11.3 Å². The van der Waals surface area contributed by atoms with E-state index in [4.69, 9.17) is 4.74 Å². The molecule has 2 heterocycles. The smallest absolute Gasteiger partial charge is 0.151 e. The van der Waals surface area contributed by atoms with Crippen LogP contribution in [0, 0.1) is 0 Å². The molecular formula is C17H20N4O2S. The van der Waals surface area contributed by atoms with Crippen molar-refractivity contribution in [2.45, 2.75) is 12.5 Å². The van der Waals surface area contributed by atoms with Crippen molar-refractivity contribution in [3.63, 3.8) is 0 Å². The number of benzene rings is 1. The first-order valence-electron chi connectivity index (χ1n) is 7.60. The quantitative estimate of drug-likeness (QED) is 0.508. The molecule has 0 spiro atoms. The summed E-state index contributed by atoms with van der Waals surface area (Å²) in [7, 11) is 5.41. The number of aromatic nitrogens is 2. The highest BCUT2D eigenvalue weighted by molar-refractivity contribution is 7.17. The highest BCUT2D eigenvalue weighted by atomic mass is 32.1. The van der Waals surface area contributed by atoms with Gasteiger partial charge in [-0.25, -0.2) is 4.98 Å². The molecule has 0 aliphatic heterocycles. The third-order valence-corrected chi connectivity index (χ3v) is 5.01. The Bertz CT molecular complexity index is 856. The van der Waals surface area contributed by atoms with Crippen molar-refractivity contribution in [2.24, 2.45) is 7.05 Å². The zero-order valence-corrected chi connectivity index (χ0v) is 14.7. The minimum absolute atomic E-state index is 0.375. The number of rotatable bonds is 7. The summed E-state index contributed by atoms with van der Waals surface area (Å²) >= 11 is 1.59. The predicted molar refractivity (Wildman–Crippen MR) is 95.4 cm³/mol. The molecule has 2 N–H and O–H groups in total. The molecule has 7 heteroatoms. The van der Waals surface area contributed by atoms with Crippen LogP contribution in [0.3, 0.4) is 0 Å². The molecule has 0 saturated heterocycles. The zero-order valence-electron chi connectivity index (χ0n) is 13.9. The van der Waals surface area contributed by atoms with Gasteiger partial charge in [0.05, 0.1) is 23.2 Å². The summed E-state index contributed by atoms with van der Waals surface area (Å²) in [6, 6.07) is 7.63. The van der Waals surface area contributed by atoms with Crippen LogP contribution in [0.5, 0.6) is 5.75 Å². The molecule has 2 aromatic heterocycles. The molecule has 24 heavy (non-hydrogen) atoms. The molecule has 1 atom stereocenters. The highest BCUT2D eigenvalue weighted by Gasteiger charge is 2.25. The number of hydrogen-bond donors (Lipinski definition) is 2. The summed E-state index contributed by atoms with van der Waals surface area (Å²) in [5.41, 5.74) is 11.7. The monoisotopic (exact) mass is 344 g/mol. The summed E-state index contributed by atoms with van der Waals surface area (Å²) in [5, 5.41) is 0. The van der Waals surface area contributed by atoms with Crippen molar-refractivity contribution < 1.29 is 9.53 Å². The van der Waals surface area contributed by atoms with E-state index in [2.05, 4.69) is 15.8 Å². The van der Waals surface area contributed by atoms with E-state index in [1.54, 1.807) is 18.4 Å². The number of aryl methyl sites for hydroxylation is 1. The number of methoxy groups -OCH3 is 1. The standard InChI is InChI=1S/C17H20N4O2S/c1-18-20-8-13-15(21(2)17-16(13)24-10-19-17)14(9-22)11-5-4-6-12(7-11)23-3/h4-7,9-10,14,18,20H,8H2,1-3H3. The molecule has 3 aromatic rings. The Morgan fingerprint density at radius 2 is 2.29 bits per heavy atom. The Morgan fingerprint density at radius 1 is 1.46 bits per heavy atom. The number of nitrogens with zero attached hydrogens (tertiary/aromatic N) is 2. The van der Waals surface area contributed by atoms with Gasteiger partial charge in [0.2, 0.25) is 0 Å². The normalized spacial score (nSPS) is 12.5. The Morgan fingerprint density at radius 3 is 3.00 bits per heavy atom. The lowest BCUT2D eigenvalue weighted by Crippen LogP contribution is -2.27. The number of nitrogens with one attached hydrogen (secondary N) is 2. The van der Waals surface area contributed by atoms with Crippen molar-refractivity contribution in [2.75, 3.05) is 14.2 Å². The summed E-state index contributed by atoms with van der Waals surface area (Å²) in [6.07, 6.45) is 0.983. The summed E-state index contributed by atoms with van der Waals surface area (Å²) < 4.78 is 8.41. The van der Waals surface area contributed by atoms with Crippen molar-refractivity contribution in [1.29, 1.82) is 0 Å². The summed E-state index contributed by atoms with van der Waals surface area (Å²) in [6.45, 7) is 0.611.